The van der Waals surface area contributed by atoms with Crippen molar-refractivity contribution in [3.63, 3.8) is 0 Å². The molecule has 1 atom stereocenters. The van der Waals surface area contributed by atoms with Crippen molar-refractivity contribution in [1.82, 2.24) is 0 Å². The lowest BCUT2D eigenvalue weighted by atomic mass is 10.0. The van der Waals surface area contributed by atoms with Crippen molar-refractivity contribution in [1.29, 1.82) is 0 Å². The average Bonchev–Trinajstić information content (AvgIpc) is 2.77. The van der Waals surface area contributed by atoms with Gasteiger partial charge >= 0.3 is 5.97 Å². The number of nitrogens with one attached hydrogen (secondary N) is 1. The van der Waals surface area contributed by atoms with Crippen LogP contribution in [0, 0.1) is 0 Å². The van der Waals surface area contributed by atoms with E-state index >= 15 is 0 Å². The molecule has 9 nitrogen and oxygen atoms in total. The Morgan fingerprint density at radius 2 is 1.59 bits per heavy atom. The predicted molar refractivity (Wildman–Crippen MR) is 122 cm³/mol. The van der Waals surface area contributed by atoms with Gasteiger partial charge in [-0.15, -0.1) is 0 Å². The highest BCUT2D eigenvalue weighted by molar-refractivity contribution is 7.78. The minimum absolute atomic E-state index is 0.100. The molecule has 0 aliphatic carbocycles. The molecule has 10 heteroatoms. The molecule has 3 N–H and O–H groups in total. The van der Waals surface area contributed by atoms with Gasteiger partial charge in [0.25, 0.3) is 0 Å². The summed E-state index contributed by atoms with van der Waals surface area (Å²) < 4.78 is 43.5. The summed E-state index contributed by atoms with van der Waals surface area (Å²) in [5, 5.41) is 11.9. The van der Waals surface area contributed by atoms with Crippen LogP contribution >= 0.6 is 0 Å². The largest absolute Gasteiger partial charge is 0.496 e. The van der Waals surface area contributed by atoms with E-state index in [2.05, 4.69) is 5.32 Å². The van der Waals surface area contributed by atoms with Gasteiger partial charge in [0.1, 0.15) is 11.5 Å². The van der Waals surface area contributed by atoms with Gasteiger partial charge in [-0.2, -0.15) is 0 Å². The monoisotopic (exact) mass is 465 g/mol. The molecule has 0 fully saturated rings. The highest BCUT2D eigenvalue weighted by Gasteiger charge is 2.22. The number of hydrogen-bond acceptors (Lipinski definition) is 7. The van der Waals surface area contributed by atoms with Gasteiger partial charge in [-0.25, -0.2) is 4.21 Å². The number of anilines is 1. The van der Waals surface area contributed by atoms with E-state index in [0.717, 1.165) is 0 Å². The lowest BCUT2D eigenvalue weighted by Gasteiger charge is -2.20. The molecular weight excluding hydrogens is 438 g/mol. The molecular formula is C22H27NO8S. The van der Waals surface area contributed by atoms with E-state index in [4.69, 9.17) is 24.1 Å². The van der Waals surface area contributed by atoms with E-state index < -0.39 is 17.0 Å². The maximum atomic E-state index is 11.7. The molecule has 2 aromatic carbocycles. The van der Waals surface area contributed by atoms with Gasteiger partial charge in [-0.05, 0) is 29.8 Å². The van der Waals surface area contributed by atoms with Crippen molar-refractivity contribution in [2.45, 2.75) is 12.2 Å². The minimum Gasteiger partial charge on any atom is -0.496 e. The minimum atomic E-state index is -2.15. The van der Waals surface area contributed by atoms with Gasteiger partial charge in [0, 0.05) is 12.1 Å². The summed E-state index contributed by atoms with van der Waals surface area (Å²) in [6, 6.07) is 10.5. The SMILES string of the molecule is COC(=C(OC)c1ccccc1OC)c1cc(OC)c(NCCC(=O)O)cc1CS(=O)O. The normalized spacial score (nSPS) is 12.4. The van der Waals surface area contributed by atoms with Crippen molar-refractivity contribution in [3.8, 4) is 11.5 Å². The number of methoxy groups -OCH3 is 4. The van der Waals surface area contributed by atoms with Crippen LogP contribution in [0.4, 0.5) is 5.69 Å². The predicted octanol–water partition coefficient (Wildman–Crippen LogP) is 3.43. The quantitative estimate of drug-likeness (QED) is 0.246. The maximum Gasteiger partial charge on any atom is 0.305 e. The molecule has 174 valence electrons. The van der Waals surface area contributed by atoms with Gasteiger partial charge in [-0.3, -0.25) is 4.79 Å². The summed E-state index contributed by atoms with van der Waals surface area (Å²) in [4.78, 5) is 10.8. The Hall–Kier alpha value is -3.24. The summed E-state index contributed by atoms with van der Waals surface area (Å²) in [6.07, 6.45) is -0.100. The summed E-state index contributed by atoms with van der Waals surface area (Å²) in [5.74, 6) is 0.503. The van der Waals surface area contributed by atoms with Crippen LogP contribution in [-0.2, 0) is 31.1 Å². The van der Waals surface area contributed by atoms with Crippen LogP contribution in [-0.4, -0.2) is 54.8 Å². The fourth-order valence-electron chi connectivity index (χ4n) is 3.18. The number of hydrogen-bond donors (Lipinski definition) is 3. The number of para-hydroxylation sites is 1. The molecule has 32 heavy (non-hydrogen) atoms. The van der Waals surface area contributed by atoms with E-state index in [1.807, 2.05) is 12.1 Å². The molecule has 0 spiro atoms. The number of ether oxygens (including phenoxy) is 4. The van der Waals surface area contributed by atoms with Gasteiger partial charge < -0.3 is 33.9 Å². The highest BCUT2D eigenvalue weighted by Crippen LogP contribution is 2.38. The fraction of sp³-hybridized carbons (Fsp3) is 0.318. The summed E-state index contributed by atoms with van der Waals surface area (Å²) in [6.45, 7) is 0.157. The number of benzene rings is 2. The van der Waals surface area contributed by atoms with Crippen LogP contribution in [0.25, 0.3) is 11.5 Å². The molecule has 0 aliphatic rings. The third kappa shape index (κ3) is 6.14. The first-order valence-electron chi connectivity index (χ1n) is 9.56. The maximum absolute atomic E-state index is 11.7. The average molecular weight is 466 g/mol. The molecule has 2 aromatic rings. The van der Waals surface area contributed by atoms with E-state index in [9.17, 15) is 13.6 Å². The van der Waals surface area contributed by atoms with Crippen LogP contribution in [0.1, 0.15) is 23.1 Å². The lowest BCUT2D eigenvalue weighted by molar-refractivity contribution is -0.136. The Morgan fingerprint density at radius 1 is 0.969 bits per heavy atom. The molecule has 0 bridgehead atoms. The van der Waals surface area contributed by atoms with Gasteiger partial charge in [0.05, 0.1) is 51.9 Å². The molecule has 0 saturated heterocycles. The molecule has 2 rings (SSSR count). The smallest absolute Gasteiger partial charge is 0.305 e. The zero-order chi connectivity index (χ0) is 23.7. The fourth-order valence-corrected chi connectivity index (χ4v) is 3.69. The molecule has 0 amide bonds. The van der Waals surface area contributed by atoms with Crippen molar-refractivity contribution >= 4 is 34.3 Å². The van der Waals surface area contributed by atoms with Crippen molar-refractivity contribution in [2.75, 3.05) is 40.3 Å². The van der Waals surface area contributed by atoms with E-state index in [1.54, 1.807) is 31.4 Å². The first kappa shape index (κ1) is 25.0. The third-order valence-electron chi connectivity index (χ3n) is 4.57. The van der Waals surface area contributed by atoms with Crippen molar-refractivity contribution in [3.05, 3.63) is 53.1 Å². The number of carboxylic acid groups (broad SMARTS) is 1. The van der Waals surface area contributed by atoms with Crippen LogP contribution in [0.15, 0.2) is 36.4 Å². The van der Waals surface area contributed by atoms with Crippen LogP contribution < -0.4 is 14.8 Å². The number of carbonyl (C=O) groups is 1. The Kier molecular flexibility index (Phi) is 9.36. The Balaban J connectivity index is 2.71. The number of aliphatic carboxylic acids is 1. The van der Waals surface area contributed by atoms with Gasteiger partial charge in [0.2, 0.25) is 0 Å². The molecule has 0 radical (unpaired) electrons. The summed E-state index contributed by atoms with van der Waals surface area (Å²) in [5.41, 5.74) is 2.08. The second-order valence-electron chi connectivity index (χ2n) is 6.51. The van der Waals surface area contributed by atoms with E-state index in [1.165, 1.54) is 21.3 Å². The first-order chi connectivity index (χ1) is 15.4. The Bertz CT molecular complexity index is 1010. The van der Waals surface area contributed by atoms with E-state index in [-0.39, 0.29) is 18.7 Å². The lowest BCUT2D eigenvalue weighted by Crippen LogP contribution is -2.10. The van der Waals surface area contributed by atoms with Crippen molar-refractivity contribution in [2.24, 2.45) is 0 Å². The third-order valence-corrected chi connectivity index (χ3v) is 5.13. The molecule has 1 unspecified atom stereocenters. The van der Waals surface area contributed by atoms with Gasteiger partial charge in [-0.1, -0.05) is 12.1 Å². The zero-order valence-electron chi connectivity index (χ0n) is 18.3. The first-order valence-corrected chi connectivity index (χ1v) is 10.8. The van der Waals surface area contributed by atoms with Crippen LogP contribution in [0.5, 0.6) is 11.5 Å². The van der Waals surface area contributed by atoms with Crippen molar-refractivity contribution < 1.29 is 37.6 Å². The molecule has 0 aromatic heterocycles. The second-order valence-corrected chi connectivity index (χ2v) is 7.44. The topological polar surface area (TPSA) is 124 Å². The molecule has 0 aliphatic heterocycles. The Labute approximate surface area is 189 Å². The number of rotatable bonds is 12. The summed E-state index contributed by atoms with van der Waals surface area (Å²) in [7, 11) is 5.97. The zero-order valence-corrected chi connectivity index (χ0v) is 19.2. The van der Waals surface area contributed by atoms with Crippen LogP contribution in [0.2, 0.25) is 0 Å². The molecule has 0 saturated carbocycles. The standard InChI is InChI=1S/C22H27NO8S/c1-28-18-8-6-5-7-15(18)21(30-3)22(31-4)16-12-19(29-2)17(23-10-9-20(24)25)11-14(16)13-32(26)27/h5-8,11-12,23H,9-10,13H2,1-4H3,(H,24,25)(H,26,27). The second kappa shape index (κ2) is 12.0. The summed E-state index contributed by atoms with van der Waals surface area (Å²) >= 11 is -2.15. The number of carboxylic acids is 1. The Morgan fingerprint density at radius 3 is 2.16 bits per heavy atom. The molecule has 0 heterocycles. The van der Waals surface area contributed by atoms with Gasteiger partial charge in [0.15, 0.2) is 22.6 Å². The van der Waals surface area contributed by atoms with E-state index in [0.29, 0.717) is 45.4 Å². The van der Waals surface area contributed by atoms with Crippen LogP contribution in [0.3, 0.4) is 0 Å². The highest BCUT2D eigenvalue weighted by atomic mass is 32.2.